The van der Waals surface area contributed by atoms with Gasteiger partial charge in [-0.1, -0.05) is 59.1 Å². The molecule has 2 rings (SSSR count). The van der Waals surface area contributed by atoms with Gasteiger partial charge >= 0.3 is 0 Å². The van der Waals surface area contributed by atoms with Crippen molar-refractivity contribution in [2.24, 2.45) is 23.7 Å². The molecular weight excluding hydrogens is 230 g/mol. The van der Waals surface area contributed by atoms with E-state index in [-0.39, 0.29) is 0 Å². The average molecular weight is 263 g/mol. The molecule has 0 saturated carbocycles. The molecule has 0 radical (unpaired) electrons. The summed E-state index contributed by atoms with van der Waals surface area (Å²) in [5.41, 5.74) is 3.62. The number of piperidine rings is 1. The van der Waals surface area contributed by atoms with Gasteiger partial charge in [-0.05, 0) is 43.1 Å². The van der Waals surface area contributed by atoms with Crippen molar-refractivity contribution >= 4 is 0 Å². The van der Waals surface area contributed by atoms with Crippen LogP contribution in [0.1, 0.15) is 60.8 Å². The lowest BCUT2D eigenvalue weighted by Crippen LogP contribution is -2.50. The van der Waals surface area contributed by atoms with Crippen LogP contribution in [-0.4, -0.2) is 24.0 Å². The zero-order chi connectivity index (χ0) is 14.2. The molecule has 0 bridgehead atoms. The Morgan fingerprint density at radius 3 is 2.05 bits per heavy atom. The van der Waals surface area contributed by atoms with E-state index in [9.17, 15) is 0 Å². The van der Waals surface area contributed by atoms with Gasteiger partial charge in [-0.25, -0.2) is 0 Å². The highest BCUT2D eigenvalue weighted by Crippen LogP contribution is 2.42. The molecule has 2 unspecified atom stereocenters. The second kappa shape index (κ2) is 5.99. The molecule has 1 fully saturated rings. The topological polar surface area (TPSA) is 3.24 Å². The van der Waals surface area contributed by atoms with Crippen molar-refractivity contribution in [2.45, 2.75) is 66.8 Å². The fourth-order valence-corrected chi connectivity index (χ4v) is 4.37. The number of hydrogen-bond donors (Lipinski definition) is 0. The monoisotopic (exact) mass is 263 g/mol. The Bertz CT molecular complexity index is 338. The van der Waals surface area contributed by atoms with Gasteiger partial charge in [-0.3, -0.25) is 4.90 Å². The van der Waals surface area contributed by atoms with E-state index in [1.54, 1.807) is 5.57 Å². The van der Waals surface area contributed by atoms with Crippen LogP contribution in [0, 0.1) is 23.7 Å². The van der Waals surface area contributed by atoms with Crippen molar-refractivity contribution in [3.05, 3.63) is 11.1 Å². The van der Waals surface area contributed by atoms with Gasteiger partial charge in [0.25, 0.3) is 0 Å². The van der Waals surface area contributed by atoms with Gasteiger partial charge in [0, 0.05) is 12.6 Å². The largest absolute Gasteiger partial charge is 0.296 e. The Morgan fingerprint density at radius 2 is 1.53 bits per heavy atom. The molecule has 2 aliphatic heterocycles. The van der Waals surface area contributed by atoms with Crippen LogP contribution in [0.15, 0.2) is 11.1 Å². The highest BCUT2D eigenvalue weighted by atomic mass is 15.2. The number of rotatable bonds is 3. The third kappa shape index (κ3) is 2.91. The Morgan fingerprint density at radius 1 is 0.895 bits per heavy atom. The molecule has 2 aliphatic rings. The van der Waals surface area contributed by atoms with Gasteiger partial charge in [-0.2, -0.15) is 0 Å². The minimum Gasteiger partial charge on any atom is -0.296 e. The summed E-state index contributed by atoms with van der Waals surface area (Å²) < 4.78 is 0. The molecule has 110 valence electrons. The van der Waals surface area contributed by atoms with Crippen LogP contribution in [0.3, 0.4) is 0 Å². The summed E-state index contributed by atoms with van der Waals surface area (Å²) >= 11 is 0. The van der Waals surface area contributed by atoms with E-state index in [0.717, 1.165) is 17.9 Å². The van der Waals surface area contributed by atoms with Crippen LogP contribution < -0.4 is 0 Å². The van der Waals surface area contributed by atoms with Crippen LogP contribution >= 0.6 is 0 Å². The molecule has 0 aliphatic carbocycles. The molecule has 2 atom stereocenters. The van der Waals surface area contributed by atoms with Gasteiger partial charge in [0.1, 0.15) is 0 Å². The first-order valence-electron chi connectivity index (χ1n) is 8.41. The maximum atomic E-state index is 2.80. The standard InChI is InChI=1S/C18H33N/c1-12(2)15-11-19-10-8-7-9-16(19)18(14(5)6)17(15)13(3)4/h12-16H,7-11H2,1-6H3. The third-order valence-corrected chi connectivity index (χ3v) is 5.19. The molecular formula is C18H33N. The molecule has 2 heterocycles. The van der Waals surface area contributed by atoms with Crippen molar-refractivity contribution < 1.29 is 0 Å². The van der Waals surface area contributed by atoms with E-state index < -0.39 is 0 Å². The Hall–Kier alpha value is -0.300. The first-order chi connectivity index (χ1) is 8.93. The Balaban J connectivity index is 2.46. The van der Waals surface area contributed by atoms with E-state index in [2.05, 4.69) is 46.4 Å². The van der Waals surface area contributed by atoms with E-state index in [4.69, 9.17) is 0 Å². The van der Waals surface area contributed by atoms with E-state index in [1.165, 1.54) is 32.4 Å². The lowest BCUT2D eigenvalue weighted by atomic mass is 9.70. The fraction of sp³-hybridized carbons (Fsp3) is 0.889. The lowest BCUT2D eigenvalue weighted by Gasteiger charge is -2.48. The van der Waals surface area contributed by atoms with Crippen LogP contribution in [0.5, 0.6) is 0 Å². The molecule has 0 N–H and O–H groups in total. The number of fused-ring (bicyclic) bond motifs is 1. The number of hydrogen-bond acceptors (Lipinski definition) is 1. The maximum Gasteiger partial charge on any atom is 0.0313 e. The van der Waals surface area contributed by atoms with Crippen molar-refractivity contribution in [3.8, 4) is 0 Å². The quantitative estimate of drug-likeness (QED) is 0.665. The molecule has 0 amide bonds. The summed E-state index contributed by atoms with van der Waals surface area (Å²) in [7, 11) is 0. The zero-order valence-corrected chi connectivity index (χ0v) is 13.9. The molecule has 0 aromatic carbocycles. The second-order valence-corrected chi connectivity index (χ2v) is 7.58. The Labute approximate surface area is 120 Å². The van der Waals surface area contributed by atoms with Crippen molar-refractivity contribution in [1.29, 1.82) is 0 Å². The van der Waals surface area contributed by atoms with Gasteiger partial charge in [0.05, 0.1) is 0 Å². The van der Waals surface area contributed by atoms with Crippen molar-refractivity contribution in [2.75, 3.05) is 13.1 Å². The van der Waals surface area contributed by atoms with Gasteiger partial charge in [-0.15, -0.1) is 0 Å². The molecule has 19 heavy (non-hydrogen) atoms. The highest BCUT2D eigenvalue weighted by molar-refractivity contribution is 5.30. The van der Waals surface area contributed by atoms with Crippen LogP contribution in [0.25, 0.3) is 0 Å². The fourth-order valence-electron chi connectivity index (χ4n) is 4.37. The molecule has 1 saturated heterocycles. The highest BCUT2D eigenvalue weighted by Gasteiger charge is 2.38. The summed E-state index contributed by atoms with van der Waals surface area (Å²) in [6.45, 7) is 17.1. The minimum absolute atomic E-state index is 0.713. The minimum atomic E-state index is 0.713. The maximum absolute atomic E-state index is 2.80. The molecule has 0 spiro atoms. The predicted octanol–water partition coefficient (Wildman–Crippen LogP) is 4.74. The first-order valence-corrected chi connectivity index (χ1v) is 8.41. The Kier molecular flexibility index (Phi) is 4.76. The van der Waals surface area contributed by atoms with Crippen LogP contribution in [-0.2, 0) is 0 Å². The lowest BCUT2D eigenvalue weighted by molar-refractivity contribution is 0.111. The summed E-state index contributed by atoms with van der Waals surface area (Å²) in [6, 6.07) is 0.765. The van der Waals surface area contributed by atoms with Crippen LogP contribution in [0.2, 0.25) is 0 Å². The summed E-state index contributed by atoms with van der Waals surface area (Å²) in [5.74, 6) is 2.99. The van der Waals surface area contributed by atoms with E-state index in [1.807, 2.05) is 5.57 Å². The summed E-state index contributed by atoms with van der Waals surface area (Å²) in [4.78, 5) is 2.80. The second-order valence-electron chi connectivity index (χ2n) is 7.58. The molecule has 1 heteroatoms. The summed E-state index contributed by atoms with van der Waals surface area (Å²) in [5, 5.41) is 0. The smallest absolute Gasteiger partial charge is 0.0313 e. The predicted molar refractivity (Wildman–Crippen MR) is 84.2 cm³/mol. The van der Waals surface area contributed by atoms with Gasteiger partial charge < -0.3 is 0 Å². The summed E-state index contributed by atoms with van der Waals surface area (Å²) in [6.07, 6.45) is 4.23. The van der Waals surface area contributed by atoms with E-state index >= 15 is 0 Å². The first kappa shape index (κ1) is 15.1. The molecule has 0 aromatic rings. The molecule has 1 nitrogen and oxygen atoms in total. The van der Waals surface area contributed by atoms with Crippen molar-refractivity contribution in [1.82, 2.24) is 4.90 Å². The average Bonchev–Trinajstić information content (AvgIpc) is 2.35. The third-order valence-electron chi connectivity index (χ3n) is 5.19. The van der Waals surface area contributed by atoms with Gasteiger partial charge in [0.15, 0.2) is 0 Å². The van der Waals surface area contributed by atoms with E-state index in [0.29, 0.717) is 11.8 Å². The van der Waals surface area contributed by atoms with Gasteiger partial charge in [0.2, 0.25) is 0 Å². The molecule has 0 aromatic heterocycles. The normalized spacial score (nSPS) is 29.5. The van der Waals surface area contributed by atoms with Crippen LogP contribution in [0.4, 0.5) is 0 Å². The number of nitrogens with zero attached hydrogens (tertiary/aromatic N) is 1. The van der Waals surface area contributed by atoms with Crippen molar-refractivity contribution in [3.63, 3.8) is 0 Å². The SMILES string of the molecule is CC(C)C1=C(C(C)C)C2CCCCN2CC1C(C)C. The zero-order valence-electron chi connectivity index (χ0n) is 13.9.